The van der Waals surface area contributed by atoms with Crippen LogP contribution < -0.4 is 5.32 Å². The Morgan fingerprint density at radius 3 is 2.18 bits per heavy atom. The molecule has 0 aliphatic rings. The molecule has 96 valence electrons. The van der Waals surface area contributed by atoms with Crippen molar-refractivity contribution in [1.29, 1.82) is 0 Å². The molecule has 0 bridgehead atoms. The van der Waals surface area contributed by atoms with Gasteiger partial charge >= 0.3 is 0 Å². The fraction of sp³-hybridized carbons (Fsp3) is 0.400. The van der Waals surface area contributed by atoms with Gasteiger partial charge in [0.25, 0.3) is 0 Å². The van der Waals surface area contributed by atoms with Gasteiger partial charge in [-0.25, -0.2) is 21.6 Å². The first-order chi connectivity index (χ1) is 7.85. The molecule has 0 saturated carbocycles. The van der Waals surface area contributed by atoms with Gasteiger partial charge in [-0.1, -0.05) is 6.92 Å². The molecule has 0 unspecified atom stereocenters. The monoisotopic (exact) mass is 267 g/mol. The number of rotatable bonds is 5. The summed E-state index contributed by atoms with van der Waals surface area (Å²) >= 11 is 0. The molecule has 0 heterocycles. The third-order valence-corrected chi connectivity index (χ3v) is 3.87. The van der Waals surface area contributed by atoms with Crippen molar-refractivity contribution in [3.63, 3.8) is 0 Å². The van der Waals surface area contributed by atoms with Gasteiger partial charge in [0, 0.05) is 24.4 Å². The molecule has 0 aliphatic heterocycles. The van der Waals surface area contributed by atoms with E-state index >= 15 is 0 Å². The smallest absolute Gasteiger partial charge is 0.152 e. The number of nitrogens with one attached hydrogen (secondary N) is 1. The van der Waals surface area contributed by atoms with Crippen molar-refractivity contribution in [2.45, 2.75) is 6.92 Å². The van der Waals surface area contributed by atoms with Crippen LogP contribution >= 0.6 is 0 Å². The minimum Gasteiger partial charge on any atom is -0.379 e. The van der Waals surface area contributed by atoms with Crippen molar-refractivity contribution in [1.82, 2.24) is 0 Å². The SMILES string of the molecule is CCS(=O)(=O)CCNc1c(F)cc(F)cc1F. The Morgan fingerprint density at radius 1 is 1.18 bits per heavy atom. The normalized spacial score (nSPS) is 11.5. The molecule has 0 saturated heterocycles. The first-order valence-electron chi connectivity index (χ1n) is 4.94. The minimum absolute atomic E-state index is 0.0386. The molecular weight excluding hydrogens is 255 g/mol. The van der Waals surface area contributed by atoms with Crippen molar-refractivity contribution < 1.29 is 21.6 Å². The number of hydrogen-bond acceptors (Lipinski definition) is 3. The van der Waals surface area contributed by atoms with Crippen LogP contribution in [0.4, 0.5) is 18.9 Å². The summed E-state index contributed by atoms with van der Waals surface area (Å²) in [4.78, 5) is 0. The third-order valence-electron chi connectivity index (χ3n) is 2.16. The summed E-state index contributed by atoms with van der Waals surface area (Å²) in [6.45, 7) is 1.35. The molecule has 1 N–H and O–H groups in total. The highest BCUT2D eigenvalue weighted by atomic mass is 32.2. The fourth-order valence-electron chi connectivity index (χ4n) is 1.19. The van der Waals surface area contributed by atoms with E-state index in [1.807, 2.05) is 0 Å². The summed E-state index contributed by atoms with van der Waals surface area (Å²) in [7, 11) is -3.20. The molecule has 0 amide bonds. The van der Waals surface area contributed by atoms with E-state index in [1.165, 1.54) is 6.92 Å². The lowest BCUT2D eigenvalue weighted by molar-refractivity contribution is 0.547. The Bertz CT molecular complexity index is 479. The quantitative estimate of drug-likeness (QED) is 0.887. The average Bonchev–Trinajstić information content (AvgIpc) is 2.22. The predicted molar refractivity (Wildman–Crippen MR) is 59.1 cm³/mol. The minimum atomic E-state index is -3.20. The lowest BCUT2D eigenvalue weighted by Gasteiger charge is -2.08. The Kier molecular flexibility index (Phi) is 4.39. The van der Waals surface area contributed by atoms with E-state index in [0.29, 0.717) is 12.1 Å². The van der Waals surface area contributed by atoms with E-state index in [2.05, 4.69) is 5.32 Å². The van der Waals surface area contributed by atoms with Crippen LogP contribution in [0.25, 0.3) is 0 Å². The summed E-state index contributed by atoms with van der Waals surface area (Å²) in [5.41, 5.74) is -0.516. The van der Waals surface area contributed by atoms with E-state index in [4.69, 9.17) is 0 Å². The van der Waals surface area contributed by atoms with Crippen LogP contribution in [0.2, 0.25) is 0 Å². The molecule has 1 rings (SSSR count). The highest BCUT2D eigenvalue weighted by molar-refractivity contribution is 7.91. The molecule has 0 aromatic heterocycles. The molecule has 0 fully saturated rings. The zero-order chi connectivity index (χ0) is 13.1. The molecule has 1 aromatic rings. The van der Waals surface area contributed by atoms with Gasteiger partial charge in [-0.2, -0.15) is 0 Å². The highest BCUT2D eigenvalue weighted by Gasteiger charge is 2.12. The highest BCUT2D eigenvalue weighted by Crippen LogP contribution is 2.19. The second-order valence-corrected chi connectivity index (χ2v) is 5.88. The van der Waals surface area contributed by atoms with Gasteiger partial charge in [-0.3, -0.25) is 0 Å². The van der Waals surface area contributed by atoms with Gasteiger partial charge in [-0.05, 0) is 0 Å². The number of hydrogen-bond donors (Lipinski definition) is 1. The van der Waals surface area contributed by atoms with Crippen LogP contribution in [0, 0.1) is 17.5 Å². The number of halogens is 3. The van der Waals surface area contributed by atoms with Crippen LogP contribution in [0.5, 0.6) is 0 Å². The van der Waals surface area contributed by atoms with Crippen LogP contribution in [0.1, 0.15) is 6.92 Å². The zero-order valence-corrected chi connectivity index (χ0v) is 9.95. The summed E-state index contributed by atoms with van der Waals surface area (Å²) < 4.78 is 61.1. The molecule has 0 atom stereocenters. The maximum Gasteiger partial charge on any atom is 0.152 e. The summed E-state index contributed by atoms with van der Waals surface area (Å²) in [5, 5.41) is 2.30. The Labute approximate surface area is 97.6 Å². The van der Waals surface area contributed by atoms with Crippen molar-refractivity contribution in [3.8, 4) is 0 Å². The molecule has 1 aromatic carbocycles. The van der Waals surface area contributed by atoms with E-state index < -0.39 is 33.0 Å². The second kappa shape index (κ2) is 5.39. The summed E-state index contributed by atoms with van der Waals surface area (Å²) in [6, 6.07) is 1.06. The van der Waals surface area contributed by atoms with Crippen LogP contribution in [-0.2, 0) is 9.84 Å². The Balaban J connectivity index is 2.71. The van der Waals surface area contributed by atoms with Crippen molar-refractivity contribution in [3.05, 3.63) is 29.6 Å². The number of anilines is 1. The lowest BCUT2D eigenvalue weighted by atomic mass is 10.3. The van der Waals surface area contributed by atoms with Crippen molar-refractivity contribution >= 4 is 15.5 Å². The van der Waals surface area contributed by atoms with Gasteiger partial charge in [0.2, 0.25) is 0 Å². The lowest BCUT2D eigenvalue weighted by Crippen LogP contribution is -2.18. The van der Waals surface area contributed by atoms with Crippen molar-refractivity contribution in [2.75, 3.05) is 23.4 Å². The van der Waals surface area contributed by atoms with Gasteiger partial charge in [-0.15, -0.1) is 0 Å². The largest absolute Gasteiger partial charge is 0.379 e. The Morgan fingerprint density at radius 2 is 1.71 bits per heavy atom. The molecule has 0 radical (unpaired) electrons. The van der Waals surface area contributed by atoms with Gasteiger partial charge in [0.1, 0.15) is 11.5 Å². The molecule has 0 aliphatic carbocycles. The van der Waals surface area contributed by atoms with Gasteiger partial charge < -0.3 is 5.32 Å². The molecule has 7 heteroatoms. The van der Waals surface area contributed by atoms with Crippen LogP contribution in [0.15, 0.2) is 12.1 Å². The predicted octanol–water partition coefficient (Wildman–Crippen LogP) is 1.95. The molecular formula is C10H12F3NO2S. The Hall–Kier alpha value is -1.24. The molecule has 0 spiro atoms. The van der Waals surface area contributed by atoms with E-state index in [-0.39, 0.29) is 18.1 Å². The van der Waals surface area contributed by atoms with Crippen LogP contribution in [-0.4, -0.2) is 26.5 Å². The first-order valence-corrected chi connectivity index (χ1v) is 6.76. The average molecular weight is 267 g/mol. The summed E-state index contributed by atoms with van der Waals surface area (Å²) in [5.74, 6) is -3.47. The third kappa shape index (κ3) is 3.92. The zero-order valence-electron chi connectivity index (χ0n) is 9.13. The molecule has 17 heavy (non-hydrogen) atoms. The first kappa shape index (κ1) is 13.8. The topological polar surface area (TPSA) is 46.2 Å². The maximum atomic E-state index is 13.1. The summed E-state index contributed by atoms with van der Waals surface area (Å²) in [6.07, 6.45) is 0. The fourth-order valence-corrected chi connectivity index (χ4v) is 1.89. The van der Waals surface area contributed by atoms with Crippen LogP contribution in [0.3, 0.4) is 0 Å². The van der Waals surface area contributed by atoms with E-state index in [1.54, 1.807) is 0 Å². The van der Waals surface area contributed by atoms with E-state index in [9.17, 15) is 21.6 Å². The van der Waals surface area contributed by atoms with E-state index in [0.717, 1.165) is 0 Å². The second-order valence-electron chi connectivity index (χ2n) is 3.41. The number of sulfone groups is 1. The van der Waals surface area contributed by atoms with Gasteiger partial charge in [0.05, 0.1) is 5.75 Å². The molecule has 3 nitrogen and oxygen atoms in total. The number of benzene rings is 1. The van der Waals surface area contributed by atoms with Crippen molar-refractivity contribution in [2.24, 2.45) is 0 Å². The maximum absolute atomic E-state index is 13.1. The van der Waals surface area contributed by atoms with Gasteiger partial charge in [0.15, 0.2) is 21.5 Å². The standard InChI is InChI=1S/C10H12F3NO2S/c1-2-17(15,16)4-3-14-10-8(12)5-7(11)6-9(10)13/h5-6,14H,2-4H2,1H3.